The Morgan fingerprint density at radius 1 is 1.33 bits per heavy atom. The van der Waals surface area contributed by atoms with Crippen LogP contribution < -0.4 is 16.0 Å². The van der Waals surface area contributed by atoms with Crippen LogP contribution in [0, 0.1) is 0 Å². The monoisotopic (exact) mass is 319 g/mol. The highest BCUT2D eigenvalue weighted by Gasteiger charge is 2.21. The number of esters is 1. The average Bonchev–Trinajstić information content (AvgIpc) is 2.40. The van der Waals surface area contributed by atoms with Gasteiger partial charge in [0.2, 0.25) is 10.0 Å². The fourth-order valence-electron chi connectivity index (χ4n) is 1.56. The lowest BCUT2D eigenvalue weighted by Gasteiger charge is -2.08. The fraction of sp³-hybridized carbons (Fsp3) is 0.545. The van der Waals surface area contributed by atoms with Crippen LogP contribution >= 0.6 is 0 Å². The number of rotatable bonds is 6. The van der Waals surface area contributed by atoms with Crippen molar-refractivity contribution in [2.75, 3.05) is 13.2 Å². The summed E-state index contributed by atoms with van der Waals surface area (Å²) in [5.74, 6) is -0.548. The summed E-state index contributed by atoms with van der Waals surface area (Å²) in [5.41, 5.74) is -1.56. The standard InChI is InChI=1S/C11H17N3O6S/c1-4-20-9(15)5-6-12-21(18,19)8-7-13(2)11(17)14(3)10(8)16/h7,12H,4-6H2,1-3H3. The molecule has 1 aromatic heterocycles. The smallest absolute Gasteiger partial charge is 0.330 e. The number of nitrogens with zero attached hydrogens (tertiary/aromatic N) is 2. The van der Waals surface area contributed by atoms with Gasteiger partial charge in [0.25, 0.3) is 5.56 Å². The van der Waals surface area contributed by atoms with E-state index >= 15 is 0 Å². The fourth-order valence-corrected chi connectivity index (χ4v) is 2.75. The van der Waals surface area contributed by atoms with Crippen LogP contribution in [0.4, 0.5) is 0 Å². The van der Waals surface area contributed by atoms with Crippen molar-refractivity contribution in [3.8, 4) is 0 Å². The second-order valence-electron chi connectivity index (χ2n) is 4.20. The highest BCUT2D eigenvalue weighted by molar-refractivity contribution is 7.89. The van der Waals surface area contributed by atoms with Crippen molar-refractivity contribution in [2.45, 2.75) is 18.2 Å². The minimum Gasteiger partial charge on any atom is -0.466 e. The summed E-state index contributed by atoms with van der Waals surface area (Å²) in [6.45, 7) is 1.64. The van der Waals surface area contributed by atoms with E-state index in [4.69, 9.17) is 0 Å². The molecule has 0 amide bonds. The van der Waals surface area contributed by atoms with Crippen molar-refractivity contribution in [3.05, 3.63) is 27.0 Å². The third-order valence-corrected chi connectivity index (χ3v) is 4.07. The van der Waals surface area contributed by atoms with Gasteiger partial charge >= 0.3 is 11.7 Å². The first-order valence-electron chi connectivity index (χ1n) is 6.12. The predicted octanol–water partition coefficient (Wildman–Crippen LogP) is -1.68. The number of hydrogen-bond donors (Lipinski definition) is 1. The Bertz CT molecular complexity index is 746. The zero-order valence-electron chi connectivity index (χ0n) is 12.0. The molecule has 1 heterocycles. The molecule has 118 valence electrons. The van der Waals surface area contributed by atoms with Crippen molar-refractivity contribution < 1.29 is 17.9 Å². The van der Waals surface area contributed by atoms with Crippen molar-refractivity contribution in [1.82, 2.24) is 13.9 Å². The number of ether oxygens (including phenoxy) is 1. The molecule has 21 heavy (non-hydrogen) atoms. The van der Waals surface area contributed by atoms with Gasteiger partial charge in [-0.2, -0.15) is 0 Å². The van der Waals surface area contributed by atoms with Gasteiger partial charge in [0.05, 0.1) is 13.0 Å². The van der Waals surface area contributed by atoms with Crippen LogP contribution in [0.1, 0.15) is 13.3 Å². The van der Waals surface area contributed by atoms with Crippen molar-refractivity contribution in [1.29, 1.82) is 0 Å². The minimum atomic E-state index is -4.11. The van der Waals surface area contributed by atoms with Crippen molar-refractivity contribution in [2.24, 2.45) is 14.1 Å². The number of hydrogen-bond acceptors (Lipinski definition) is 6. The molecule has 0 saturated heterocycles. The highest BCUT2D eigenvalue weighted by atomic mass is 32.2. The molecule has 10 heteroatoms. The lowest BCUT2D eigenvalue weighted by Crippen LogP contribution is -2.41. The largest absolute Gasteiger partial charge is 0.466 e. The molecule has 0 spiro atoms. The highest BCUT2D eigenvalue weighted by Crippen LogP contribution is 2.00. The Hall–Kier alpha value is -1.94. The molecule has 0 unspecified atom stereocenters. The number of sulfonamides is 1. The van der Waals surface area contributed by atoms with Crippen molar-refractivity contribution >= 4 is 16.0 Å². The second-order valence-corrected chi connectivity index (χ2v) is 5.94. The van der Waals surface area contributed by atoms with E-state index < -0.39 is 32.1 Å². The third kappa shape index (κ3) is 4.02. The Balaban J connectivity index is 2.97. The maximum atomic E-state index is 12.0. The molecule has 0 aliphatic rings. The molecule has 0 saturated carbocycles. The maximum absolute atomic E-state index is 12.0. The zero-order chi connectivity index (χ0) is 16.2. The first kappa shape index (κ1) is 17.1. The molecule has 9 nitrogen and oxygen atoms in total. The molecular formula is C11H17N3O6S. The Labute approximate surface area is 121 Å². The Morgan fingerprint density at radius 3 is 2.52 bits per heavy atom. The number of aromatic nitrogens is 2. The molecule has 1 N–H and O–H groups in total. The molecule has 0 atom stereocenters. The van der Waals surface area contributed by atoms with Crippen LogP contribution in [0.25, 0.3) is 0 Å². The molecule has 0 aliphatic carbocycles. The van der Waals surface area contributed by atoms with Crippen LogP contribution in [0.3, 0.4) is 0 Å². The molecule has 0 aromatic carbocycles. The number of carbonyl (C=O) groups excluding carboxylic acids is 1. The summed E-state index contributed by atoms with van der Waals surface area (Å²) < 4.78 is 32.5. The van der Waals surface area contributed by atoms with E-state index in [1.54, 1.807) is 6.92 Å². The van der Waals surface area contributed by atoms with Gasteiger partial charge in [0.1, 0.15) is 0 Å². The van der Waals surface area contributed by atoms with Gasteiger partial charge in [0, 0.05) is 26.8 Å². The normalized spacial score (nSPS) is 11.4. The summed E-state index contributed by atoms with van der Waals surface area (Å²) in [6, 6.07) is 0. The first-order valence-corrected chi connectivity index (χ1v) is 7.61. The number of aryl methyl sites for hydroxylation is 1. The van der Waals surface area contributed by atoms with Crippen LogP contribution in [0.15, 0.2) is 20.7 Å². The van der Waals surface area contributed by atoms with E-state index in [0.717, 1.165) is 10.8 Å². The van der Waals surface area contributed by atoms with Crippen LogP contribution in [-0.2, 0) is 33.7 Å². The van der Waals surface area contributed by atoms with Crippen LogP contribution in [0.5, 0.6) is 0 Å². The van der Waals surface area contributed by atoms with E-state index in [2.05, 4.69) is 9.46 Å². The van der Waals surface area contributed by atoms with Crippen LogP contribution in [-0.4, -0.2) is 36.7 Å². The lowest BCUT2D eigenvalue weighted by atomic mass is 10.4. The van der Waals surface area contributed by atoms with E-state index in [1.807, 2.05) is 0 Å². The Morgan fingerprint density at radius 2 is 1.95 bits per heavy atom. The molecule has 0 aliphatic heterocycles. The van der Waals surface area contributed by atoms with Gasteiger partial charge in [-0.05, 0) is 6.92 Å². The average molecular weight is 319 g/mol. The minimum absolute atomic E-state index is 0.154. The zero-order valence-corrected chi connectivity index (χ0v) is 12.8. The van der Waals surface area contributed by atoms with E-state index in [1.165, 1.54) is 14.1 Å². The van der Waals surface area contributed by atoms with Gasteiger partial charge in [-0.3, -0.25) is 14.2 Å². The van der Waals surface area contributed by atoms with Crippen LogP contribution in [0.2, 0.25) is 0 Å². The van der Waals surface area contributed by atoms with Gasteiger partial charge in [-0.15, -0.1) is 0 Å². The summed E-state index contributed by atoms with van der Waals surface area (Å²) in [6.07, 6.45) is 0.788. The predicted molar refractivity (Wildman–Crippen MR) is 73.4 cm³/mol. The summed E-state index contributed by atoms with van der Waals surface area (Å²) in [7, 11) is -1.60. The molecule has 1 rings (SSSR count). The summed E-state index contributed by atoms with van der Waals surface area (Å²) in [5, 5.41) is 0. The SMILES string of the molecule is CCOC(=O)CCNS(=O)(=O)c1cn(C)c(=O)n(C)c1=O. The number of carbonyl (C=O) groups is 1. The Kier molecular flexibility index (Phi) is 5.44. The van der Waals surface area contributed by atoms with Gasteiger partial charge in [-0.25, -0.2) is 17.9 Å². The lowest BCUT2D eigenvalue weighted by molar-refractivity contribution is -0.142. The molecule has 0 bridgehead atoms. The second kappa shape index (κ2) is 6.68. The maximum Gasteiger partial charge on any atom is 0.330 e. The quantitative estimate of drug-likeness (QED) is 0.626. The molecular weight excluding hydrogens is 302 g/mol. The number of nitrogens with one attached hydrogen (secondary N) is 1. The summed E-state index contributed by atoms with van der Waals surface area (Å²) >= 11 is 0. The van der Waals surface area contributed by atoms with Gasteiger partial charge < -0.3 is 9.30 Å². The van der Waals surface area contributed by atoms with E-state index in [9.17, 15) is 22.8 Å². The first-order chi connectivity index (χ1) is 9.70. The molecule has 1 aromatic rings. The molecule has 0 fully saturated rings. The topological polar surface area (TPSA) is 116 Å². The van der Waals surface area contributed by atoms with Gasteiger partial charge in [-0.1, -0.05) is 0 Å². The van der Waals surface area contributed by atoms with Crippen molar-refractivity contribution in [3.63, 3.8) is 0 Å². The van der Waals surface area contributed by atoms with Gasteiger partial charge in [0.15, 0.2) is 4.90 Å². The van der Waals surface area contributed by atoms with E-state index in [-0.39, 0.29) is 19.6 Å². The summed E-state index contributed by atoms with van der Waals surface area (Å²) in [4.78, 5) is 33.9. The van der Waals surface area contributed by atoms with E-state index in [0.29, 0.717) is 4.57 Å². The third-order valence-electron chi connectivity index (χ3n) is 2.63. The molecule has 0 radical (unpaired) electrons.